The van der Waals surface area contributed by atoms with Gasteiger partial charge in [-0.2, -0.15) is 0 Å². The summed E-state index contributed by atoms with van der Waals surface area (Å²) in [4.78, 5) is 15.7. The van der Waals surface area contributed by atoms with Crippen molar-refractivity contribution in [3.8, 4) is 0 Å². The third kappa shape index (κ3) is 3.54. The summed E-state index contributed by atoms with van der Waals surface area (Å²) in [6.45, 7) is 4.83. The number of carbonyl (C=O) groups excluding carboxylic acids is 1. The average Bonchev–Trinajstić information content (AvgIpc) is 2.83. The maximum Gasteiger partial charge on any atom is 0.269 e. The summed E-state index contributed by atoms with van der Waals surface area (Å²) in [6, 6.07) is 5.36. The molecule has 2 aromatic heterocycles. The van der Waals surface area contributed by atoms with Crippen LogP contribution in [-0.4, -0.2) is 22.6 Å². The summed E-state index contributed by atoms with van der Waals surface area (Å²) >= 11 is 0. The topological polar surface area (TPSA) is 80.0 Å². The first-order valence-electron chi connectivity index (χ1n) is 6.09. The van der Waals surface area contributed by atoms with Crippen molar-refractivity contribution < 1.29 is 9.32 Å². The first-order chi connectivity index (χ1) is 9.19. The van der Waals surface area contributed by atoms with Gasteiger partial charge in [0.05, 0.1) is 12.2 Å². The molecule has 0 unspecified atom stereocenters. The number of hydrogen-bond donors (Lipinski definition) is 2. The lowest BCUT2D eigenvalue weighted by atomic mass is 10.3. The number of anilines is 1. The highest BCUT2D eigenvalue weighted by atomic mass is 16.5. The van der Waals surface area contributed by atoms with Gasteiger partial charge in [0, 0.05) is 24.5 Å². The predicted molar refractivity (Wildman–Crippen MR) is 70.8 cm³/mol. The molecule has 0 aliphatic heterocycles. The zero-order valence-electron chi connectivity index (χ0n) is 10.9. The van der Waals surface area contributed by atoms with Crippen LogP contribution < -0.4 is 10.6 Å². The van der Waals surface area contributed by atoms with Crippen LogP contribution in [0.4, 0.5) is 5.69 Å². The fraction of sp³-hybridized carbons (Fsp3) is 0.308. The van der Waals surface area contributed by atoms with Crippen LogP contribution in [0.3, 0.4) is 0 Å². The number of nitrogens with one attached hydrogen (secondary N) is 2. The quantitative estimate of drug-likeness (QED) is 0.856. The van der Waals surface area contributed by atoms with Crippen molar-refractivity contribution in [3.05, 3.63) is 41.5 Å². The van der Waals surface area contributed by atoms with Crippen molar-refractivity contribution in [1.29, 1.82) is 0 Å². The van der Waals surface area contributed by atoms with Crippen molar-refractivity contribution in [2.24, 2.45) is 0 Å². The molecule has 6 nitrogen and oxygen atoms in total. The number of hydrogen-bond acceptors (Lipinski definition) is 5. The number of rotatable bonds is 5. The van der Waals surface area contributed by atoms with Gasteiger partial charge in [-0.3, -0.25) is 9.78 Å². The van der Waals surface area contributed by atoms with Crippen LogP contribution in [0.2, 0.25) is 0 Å². The maximum absolute atomic E-state index is 11.6. The second-order valence-corrected chi connectivity index (χ2v) is 4.08. The molecule has 0 saturated carbocycles. The lowest BCUT2D eigenvalue weighted by molar-refractivity contribution is 0.0951. The highest BCUT2D eigenvalue weighted by Crippen LogP contribution is 2.10. The van der Waals surface area contributed by atoms with E-state index in [1.165, 1.54) is 0 Å². The lowest BCUT2D eigenvalue weighted by Gasteiger charge is -2.06. The first-order valence-corrected chi connectivity index (χ1v) is 6.09. The molecule has 0 radical (unpaired) electrons. The average molecular weight is 260 g/mol. The molecule has 1 amide bonds. The summed E-state index contributed by atoms with van der Waals surface area (Å²) in [7, 11) is 0. The zero-order chi connectivity index (χ0) is 13.7. The first kappa shape index (κ1) is 13.1. The number of aryl methyl sites for hydroxylation is 1. The molecule has 0 saturated heterocycles. The molecule has 2 aromatic rings. The van der Waals surface area contributed by atoms with Crippen LogP contribution in [0.25, 0.3) is 0 Å². The molecule has 0 atom stereocenters. The summed E-state index contributed by atoms with van der Waals surface area (Å²) in [5, 5.41) is 9.67. The van der Waals surface area contributed by atoms with Gasteiger partial charge in [0.1, 0.15) is 5.69 Å². The van der Waals surface area contributed by atoms with Gasteiger partial charge in [0.25, 0.3) is 5.91 Å². The molecule has 2 heterocycles. The van der Waals surface area contributed by atoms with Gasteiger partial charge in [-0.1, -0.05) is 5.16 Å². The summed E-state index contributed by atoms with van der Waals surface area (Å²) in [6.07, 6.45) is 1.60. The lowest BCUT2D eigenvalue weighted by Crippen LogP contribution is -2.23. The summed E-state index contributed by atoms with van der Waals surface area (Å²) in [5.74, 6) is 0.565. The van der Waals surface area contributed by atoms with E-state index in [2.05, 4.69) is 20.8 Å². The minimum absolute atomic E-state index is 0.179. The van der Waals surface area contributed by atoms with E-state index >= 15 is 0 Å². The second kappa shape index (κ2) is 5.99. The van der Waals surface area contributed by atoms with Gasteiger partial charge < -0.3 is 15.2 Å². The van der Waals surface area contributed by atoms with Gasteiger partial charge in [-0.15, -0.1) is 0 Å². The largest absolute Gasteiger partial charge is 0.378 e. The molecule has 0 aromatic carbocycles. The Morgan fingerprint density at radius 3 is 2.95 bits per heavy atom. The van der Waals surface area contributed by atoms with E-state index in [1.54, 1.807) is 18.3 Å². The van der Waals surface area contributed by atoms with Gasteiger partial charge in [-0.05, 0) is 26.0 Å². The number of nitrogens with zero attached hydrogens (tertiary/aromatic N) is 2. The number of aromatic nitrogens is 2. The van der Waals surface area contributed by atoms with E-state index < -0.39 is 0 Å². The van der Waals surface area contributed by atoms with E-state index in [0.717, 1.165) is 17.1 Å². The summed E-state index contributed by atoms with van der Waals surface area (Å²) in [5.41, 5.74) is 2.04. The van der Waals surface area contributed by atoms with Crippen LogP contribution >= 0.6 is 0 Å². The zero-order valence-corrected chi connectivity index (χ0v) is 10.9. The Morgan fingerprint density at radius 1 is 1.42 bits per heavy atom. The molecule has 100 valence electrons. The Bertz CT molecular complexity index is 565. The fourth-order valence-corrected chi connectivity index (χ4v) is 1.60. The third-order valence-corrected chi connectivity index (χ3v) is 2.47. The molecular weight excluding hydrogens is 244 g/mol. The molecule has 6 heteroatoms. The molecule has 2 N–H and O–H groups in total. The normalized spacial score (nSPS) is 10.2. The van der Waals surface area contributed by atoms with Crippen molar-refractivity contribution in [2.75, 3.05) is 11.9 Å². The molecule has 0 fully saturated rings. The predicted octanol–water partition coefficient (Wildman–Crippen LogP) is 1.74. The van der Waals surface area contributed by atoms with E-state index in [4.69, 9.17) is 4.52 Å². The van der Waals surface area contributed by atoms with Gasteiger partial charge in [0.2, 0.25) is 0 Å². The van der Waals surface area contributed by atoms with E-state index in [0.29, 0.717) is 18.8 Å². The number of carbonyl (C=O) groups is 1. The van der Waals surface area contributed by atoms with Gasteiger partial charge in [0.15, 0.2) is 5.76 Å². The Kier molecular flexibility index (Phi) is 4.12. The van der Waals surface area contributed by atoms with Crippen molar-refractivity contribution in [1.82, 2.24) is 15.5 Å². The molecule has 19 heavy (non-hydrogen) atoms. The van der Waals surface area contributed by atoms with Crippen LogP contribution in [0.1, 0.15) is 28.9 Å². The SMILES string of the molecule is CCNC(=O)c1cc(NCc2cc(C)no2)ccn1. The van der Waals surface area contributed by atoms with E-state index in [9.17, 15) is 4.79 Å². The standard InChI is InChI=1S/C13H16N4O2/c1-3-14-13(18)12-7-10(4-5-15-12)16-8-11-6-9(2)17-19-11/h4-7H,3,8H2,1-2H3,(H,14,18)(H,15,16). The Hall–Kier alpha value is -2.37. The van der Waals surface area contributed by atoms with E-state index in [1.807, 2.05) is 19.9 Å². The Labute approximate surface area is 111 Å². The van der Waals surface area contributed by atoms with E-state index in [-0.39, 0.29) is 5.91 Å². The number of amides is 1. The van der Waals surface area contributed by atoms with Gasteiger partial charge in [-0.25, -0.2) is 0 Å². The summed E-state index contributed by atoms with van der Waals surface area (Å²) < 4.78 is 5.09. The molecular formula is C13H16N4O2. The van der Waals surface area contributed by atoms with Crippen LogP contribution in [0.5, 0.6) is 0 Å². The highest BCUT2D eigenvalue weighted by Gasteiger charge is 2.07. The van der Waals surface area contributed by atoms with Crippen molar-refractivity contribution in [3.63, 3.8) is 0 Å². The number of pyridine rings is 1. The Morgan fingerprint density at radius 2 is 2.26 bits per heavy atom. The third-order valence-electron chi connectivity index (χ3n) is 2.47. The van der Waals surface area contributed by atoms with Crippen LogP contribution in [0, 0.1) is 6.92 Å². The van der Waals surface area contributed by atoms with Crippen molar-refractivity contribution >= 4 is 11.6 Å². The monoisotopic (exact) mass is 260 g/mol. The minimum atomic E-state index is -0.179. The van der Waals surface area contributed by atoms with Gasteiger partial charge >= 0.3 is 0 Å². The molecule has 0 bridgehead atoms. The van der Waals surface area contributed by atoms with Crippen molar-refractivity contribution in [2.45, 2.75) is 20.4 Å². The Balaban J connectivity index is 2.00. The molecule has 2 rings (SSSR count). The smallest absolute Gasteiger partial charge is 0.269 e. The highest BCUT2D eigenvalue weighted by molar-refractivity contribution is 5.93. The molecule has 0 aliphatic carbocycles. The maximum atomic E-state index is 11.6. The molecule has 0 spiro atoms. The molecule has 0 aliphatic rings. The van der Waals surface area contributed by atoms with Crippen LogP contribution in [-0.2, 0) is 6.54 Å². The van der Waals surface area contributed by atoms with Crippen LogP contribution in [0.15, 0.2) is 28.9 Å². The second-order valence-electron chi connectivity index (χ2n) is 4.08. The fourth-order valence-electron chi connectivity index (χ4n) is 1.60. The minimum Gasteiger partial charge on any atom is -0.378 e.